The van der Waals surface area contributed by atoms with Crippen molar-refractivity contribution in [3.8, 4) is 0 Å². The highest BCUT2D eigenvalue weighted by molar-refractivity contribution is 14.0. The monoisotopic (exact) mass is 533 g/mol. The maximum Gasteiger partial charge on any atom is 0.434 e. The van der Waals surface area contributed by atoms with Gasteiger partial charge in [-0.25, -0.2) is 4.98 Å². The number of halogens is 4. The topological polar surface area (TPSA) is 78.4 Å². The number of carbonyl (C=O) groups excluding carboxylic acids is 1. The van der Waals surface area contributed by atoms with Crippen LogP contribution in [0.25, 0.3) is 0 Å². The Hall–Kier alpha value is -1.11. The van der Waals surface area contributed by atoms with Gasteiger partial charge in [0.1, 0.15) is 5.01 Å². The highest BCUT2D eigenvalue weighted by Crippen LogP contribution is 2.30. The molecular weight excluding hydrogens is 506 g/mol. The maximum absolute atomic E-state index is 12.6. The van der Waals surface area contributed by atoms with Crippen LogP contribution >= 0.6 is 35.3 Å². The van der Waals surface area contributed by atoms with Gasteiger partial charge in [-0.05, 0) is 33.1 Å². The minimum Gasteiger partial charge on any atom is -0.354 e. The van der Waals surface area contributed by atoms with Gasteiger partial charge in [0, 0.05) is 30.4 Å². The summed E-state index contributed by atoms with van der Waals surface area (Å²) in [7, 11) is 1.60. The number of hydrogen-bond donors (Lipinski definition) is 3. The molecule has 1 amide bonds. The fourth-order valence-electron chi connectivity index (χ4n) is 3.03. The number of rotatable bonds is 5. The van der Waals surface area contributed by atoms with Crippen LogP contribution in [0.2, 0.25) is 0 Å². The third-order valence-corrected chi connectivity index (χ3v) is 5.14. The van der Waals surface area contributed by atoms with Crippen molar-refractivity contribution in [3.05, 3.63) is 16.1 Å². The van der Waals surface area contributed by atoms with Crippen LogP contribution in [0.3, 0.4) is 0 Å². The van der Waals surface area contributed by atoms with E-state index in [1.807, 2.05) is 13.8 Å². The van der Waals surface area contributed by atoms with Crippen LogP contribution in [0, 0.1) is 5.92 Å². The molecule has 3 N–H and O–H groups in total. The van der Waals surface area contributed by atoms with Gasteiger partial charge in [-0.1, -0.05) is 6.42 Å². The van der Waals surface area contributed by atoms with E-state index in [2.05, 4.69) is 25.9 Å². The van der Waals surface area contributed by atoms with Gasteiger partial charge in [-0.15, -0.1) is 35.3 Å². The molecule has 0 bridgehead atoms. The number of nitrogens with zero attached hydrogens (tertiary/aromatic N) is 2. The summed E-state index contributed by atoms with van der Waals surface area (Å²) in [6.07, 6.45) is -1.01. The highest BCUT2D eigenvalue weighted by atomic mass is 127. The van der Waals surface area contributed by atoms with Gasteiger partial charge >= 0.3 is 6.18 Å². The van der Waals surface area contributed by atoms with Crippen molar-refractivity contribution < 1.29 is 18.0 Å². The molecule has 2 unspecified atom stereocenters. The molecule has 1 aromatic heterocycles. The number of aliphatic imine (C=N–C) groups is 1. The van der Waals surface area contributed by atoms with Crippen LogP contribution in [0.15, 0.2) is 10.4 Å². The lowest BCUT2D eigenvalue weighted by Crippen LogP contribution is -2.47. The summed E-state index contributed by atoms with van der Waals surface area (Å²) in [5.74, 6) is 0.528. The van der Waals surface area contributed by atoms with Gasteiger partial charge in [0.2, 0.25) is 5.91 Å². The fourth-order valence-corrected chi connectivity index (χ4v) is 3.77. The van der Waals surface area contributed by atoms with Crippen molar-refractivity contribution in [2.45, 2.75) is 64.3 Å². The summed E-state index contributed by atoms with van der Waals surface area (Å²) >= 11 is 0.956. The van der Waals surface area contributed by atoms with Crippen molar-refractivity contribution in [3.63, 3.8) is 0 Å². The number of hydrogen-bond acceptors (Lipinski definition) is 4. The van der Waals surface area contributed by atoms with Crippen LogP contribution in [0.5, 0.6) is 0 Å². The average molecular weight is 533 g/mol. The Kier molecular flexibility index (Phi) is 9.95. The van der Waals surface area contributed by atoms with Crippen molar-refractivity contribution in [1.82, 2.24) is 20.9 Å². The molecular formula is C17H27F3IN5OS. The summed E-state index contributed by atoms with van der Waals surface area (Å²) in [5.41, 5.74) is -0.876. The number of thiazole rings is 1. The minimum atomic E-state index is -4.43. The second-order valence-corrected chi connectivity index (χ2v) is 7.86. The Morgan fingerprint density at radius 2 is 2.11 bits per heavy atom. The predicted molar refractivity (Wildman–Crippen MR) is 115 cm³/mol. The van der Waals surface area contributed by atoms with E-state index in [4.69, 9.17) is 0 Å². The summed E-state index contributed by atoms with van der Waals surface area (Å²) in [5, 5.41) is 10.6. The Balaban J connectivity index is 0.00000392. The molecule has 0 spiro atoms. The number of amides is 1. The third-order valence-electron chi connectivity index (χ3n) is 4.29. The molecule has 2 atom stereocenters. The first-order valence-electron chi connectivity index (χ1n) is 8.98. The molecule has 0 aliphatic heterocycles. The predicted octanol–water partition coefficient (Wildman–Crippen LogP) is 3.53. The molecule has 1 aliphatic rings. The first-order valence-corrected chi connectivity index (χ1v) is 9.86. The summed E-state index contributed by atoms with van der Waals surface area (Å²) in [6, 6.07) is 0.204. The lowest BCUT2D eigenvalue weighted by molar-refractivity contribution is -0.140. The zero-order valence-corrected chi connectivity index (χ0v) is 19.2. The van der Waals surface area contributed by atoms with Gasteiger partial charge in [0.05, 0.1) is 6.54 Å². The second kappa shape index (κ2) is 11.2. The number of nitrogens with one attached hydrogen (secondary N) is 3. The Morgan fingerprint density at radius 3 is 2.68 bits per heavy atom. The van der Waals surface area contributed by atoms with E-state index in [9.17, 15) is 18.0 Å². The Labute approximate surface area is 184 Å². The van der Waals surface area contributed by atoms with E-state index >= 15 is 0 Å². The standard InChI is InChI=1S/C17H26F3N5OS.HI/c1-10(2)23-15(26)11-5-4-6-12(7-11)24-16(21-3)22-8-14-25-13(9-27-14)17(18,19)20;/h9-12H,4-8H2,1-3H3,(H,23,26)(H2,21,22,24);1H. The molecule has 6 nitrogen and oxygen atoms in total. The van der Waals surface area contributed by atoms with Crippen LogP contribution in [0.4, 0.5) is 13.2 Å². The molecule has 11 heteroatoms. The lowest BCUT2D eigenvalue weighted by atomic mass is 9.85. The van der Waals surface area contributed by atoms with E-state index < -0.39 is 11.9 Å². The normalized spacial score (nSPS) is 20.5. The molecule has 28 heavy (non-hydrogen) atoms. The van der Waals surface area contributed by atoms with Crippen molar-refractivity contribution in [2.24, 2.45) is 10.9 Å². The SMILES string of the molecule is CN=C(NCc1nc(C(F)(F)F)cs1)NC1CCCC(C(=O)NC(C)C)C1.I. The summed E-state index contributed by atoms with van der Waals surface area (Å²) in [6.45, 7) is 4.03. The smallest absolute Gasteiger partial charge is 0.354 e. The molecule has 2 rings (SSSR count). The Morgan fingerprint density at radius 1 is 1.39 bits per heavy atom. The van der Waals surface area contributed by atoms with Crippen LogP contribution in [-0.2, 0) is 17.5 Å². The van der Waals surface area contributed by atoms with E-state index in [-0.39, 0.29) is 54.4 Å². The highest BCUT2D eigenvalue weighted by Gasteiger charge is 2.33. The number of carbonyl (C=O) groups is 1. The first-order chi connectivity index (χ1) is 12.7. The fraction of sp³-hybridized carbons (Fsp3) is 0.706. The minimum absolute atomic E-state index is 0. The van der Waals surface area contributed by atoms with Crippen molar-refractivity contribution in [2.75, 3.05) is 7.05 Å². The molecule has 1 saturated carbocycles. The second-order valence-electron chi connectivity index (χ2n) is 6.92. The molecule has 0 saturated heterocycles. The molecule has 1 aliphatic carbocycles. The largest absolute Gasteiger partial charge is 0.434 e. The lowest BCUT2D eigenvalue weighted by Gasteiger charge is -2.30. The van der Waals surface area contributed by atoms with Gasteiger partial charge in [0.15, 0.2) is 11.7 Å². The Bertz CT molecular complexity index is 665. The van der Waals surface area contributed by atoms with E-state index in [1.54, 1.807) is 7.05 Å². The van der Waals surface area contributed by atoms with Gasteiger partial charge in [-0.3, -0.25) is 9.79 Å². The van der Waals surface area contributed by atoms with Crippen LogP contribution < -0.4 is 16.0 Å². The van der Waals surface area contributed by atoms with Gasteiger partial charge in [0.25, 0.3) is 0 Å². The molecule has 160 valence electrons. The number of alkyl halides is 3. The first kappa shape index (κ1) is 24.9. The van der Waals surface area contributed by atoms with Gasteiger partial charge in [-0.2, -0.15) is 13.2 Å². The zero-order chi connectivity index (χ0) is 20.0. The van der Waals surface area contributed by atoms with E-state index in [0.717, 1.165) is 36.0 Å². The average Bonchev–Trinajstić information content (AvgIpc) is 3.07. The van der Waals surface area contributed by atoms with Crippen molar-refractivity contribution in [1.29, 1.82) is 0 Å². The molecule has 1 aromatic rings. The summed E-state index contributed by atoms with van der Waals surface area (Å²) in [4.78, 5) is 19.9. The molecule has 1 heterocycles. The molecule has 0 radical (unpaired) electrons. The zero-order valence-electron chi connectivity index (χ0n) is 16.1. The number of guanidine groups is 1. The number of aromatic nitrogens is 1. The molecule has 0 aromatic carbocycles. The molecule has 1 fully saturated rings. The van der Waals surface area contributed by atoms with Crippen LogP contribution in [-0.4, -0.2) is 36.0 Å². The maximum atomic E-state index is 12.6. The third kappa shape index (κ3) is 7.72. The summed E-state index contributed by atoms with van der Waals surface area (Å²) < 4.78 is 37.8. The van der Waals surface area contributed by atoms with Crippen LogP contribution in [0.1, 0.15) is 50.2 Å². The van der Waals surface area contributed by atoms with E-state index in [0.29, 0.717) is 17.4 Å². The van der Waals surface area contributed by atoms with Gasteiger partial charge < -0.3 is 16.0 Å². The van der Waals surface area contributed by atoms with Crippen molar-refractivity contribution >= 4 is 47.2 Å². The quantitative estimate of drug-likeness (QED) is 0.308. The van der Waals surface area contributed by atoms with E-state index in [1.165, 1.54) is 0 Å².